The predicted molar refractivity (Wildman–Crippen MR) is 98.3 cm³/mol. The van der Waals surface area contributed by atoms with Crippen LogP contribution in [0.5, 0.6) is 0 Å². The Labute approximate surface area is 151 Å². The predicted octanol–water partition coefficient (Wildman–Crippen LogP) is 4.31. The molecule has 0 bridgehead atoms. The molecular weight excluding hydrogens is 366 g/mol. The van der Waals surface area contributed by atoms with Crippen molar-refractivity contribution in [2.45, 2.75) is 58.4 Å². The zero-order chi connectivity index (χ0) is 17.1. The maximum absolute atomic E-state index is 13.3. The van der Waals surface area contributed by atoms with E-state index in [1.54, 1.807) is 0 Å². The number of piperidine rings is 1. The van der Waals surface area contributed by atoms with Crippen LogP contribution in [0.15, 0.2) is 22.7 Å². The Morgan fingerprint density at radius 1 is 1.08 bits per heavy atom. The van der Waals surface area contributed by atoms with E-state index in [-0.39, 0.29) is 23.0 Å². The Morgan fingerprint density at radius 2 is 1.79 bits per heavy atom. The molecule has 0 N–H and O–H groups in total. The van der Waals surface area contributed by atoms with Gasteiger partial charge in [-0.25, -0.2) is 0 Å². The standard InChI is InChI=1S/C20H24BrNO2/c1-19(2)11-17(23)20(18(24)12-19)10-13-6-7-14(21)9-15(13)22-8-4-3-5-16(20)22/h6-7,9,16H,3-5,8,10-12H2,1-2H3. The lowest BCUT2D eigenvalue weighted by molar-refractivity contribution is -0.150. The van der Waals surface area contributed by atoms with Crippen molar-refractivity contribution >= 4 is 33.2 Å². The zero-order valence-electron chi connectivity index (χ0n) is 14.4. The first kappa shape index (κ1) is 16.3. The first-order valence-electron chi connectivity index (χ1n) is 8.95. The normalized spacial score (nSPS) is 27.8. The van der Waals surface area contributed by atoms with Crippen molar-refractivity contribution < 1.29 is 9.59 Å². The summed E-state index contributed by atoms with van der Waals surface area (Å²) in [5.74, 6) is 0.350. The van der Waals surface area contributed by atoms with Gasteiger partial charge in [0.25, 0.3) is 0 Å². The maximum Gasteiger partial charge on any atom is 0.149 e. The molecule has 0 amide bonds. The van der Waals surface area contributed by atoms with Gasteiger partial charge in [-0.2, -0.15) is 0 Å². The molecule has 1 unspecified atom stereocenters. The number of nitrogens with zero attached hydrogens (tertiary/aromatic N) is 1. The molecule has 24 heavy (non-hydrogen) atoms. The van der Waals surface area contributed by atoms with Crippen LogP contribution in [-0.2, 0) is 16.0 Å². The van der Waals surface area contributed by atoms with E-state index in [0.717, 1.165) is 35.8 Å². The fraction of sp³-hybridized carbons (Fsp3) is 0.600. The van der Waals surface area contributed by atoms with E-state index in [1.807, 2.05) is 19.9 Å². The molecule has 0 aromatic heterocycles. The number of hydrogen-bond acceptors (Lipinski definition) is 3. The summed E-state index contributed by atoms with van der Waals surface area (Å²) in [4.78, 5) is 28.9. The molecule has 1 saturated carbocycles. The summed E-state index contributed by atoms with van der Waals surface area (Å²) in [5.41, 5.74) is 1.36. The molecule has 4 heteroatoms. The summed E-state index contributed by atoms with van der Waals surface area (Å²) in [6.07, 6.45) is 4.82. The van der Waals surface area contributed by atoms with Crippen molar-refractivity contribution in [3.05, 3.63) is 28.2 Å². The number of rotatable bonds is 0. The number of carbonyl (C=O) groups excluding carboxylic acids is 2. The third-order valence-electron chi connectivity index (χ3n) is 6.17. The van der Waals surface area contributed by atoms with Crippen LogP contribution in [0, 0.1) is 10.8 Å². The van der Waals surface area contributed by atoms with Gasteiger partial charge in [-0.1, -0.05) is 35.8 Å². The second kappa shape index (κ2) is 5.42. The summed E-state index contributed by atoms with van der Waals surface area (Å²) in [7, 11) is 0. The first-order valence-corrected chi connectivity index (χ1v) is 9.74. The highest BCUT2D eigenvalue weighted by atomic mass is 79.9. The number of anilines is 1. The Bertz CT molecular complexity index is 704. The third-order valence-corrected chi connectivity index (χ3v) is 6.66. The van der Waals surface area contributed by atoms with Crippen LogP contribution < -0.4 is 4.90 Å². The monoisotopic (exact) mass is 389 g/mol. The Kier molecular flexibility index (Phi) is 3.68. The van der Waals surface area contributed by atoms with Gasteiger partial charge >= 0.3 is 0 Å². The minimum Gasteiger partial charge on any atom is -0.367 e. The highest BCUT2D eigenvalue weighted by molar-refractivity contribution is 9.10. The quantitative estimate of drug-likeness (QED) is 0.620. The van der Waals surface area contributed by atoms with Gasteiger partial charge in [0.1, 0.15) is 17.0 Å². The Hall–Kier alpha value is -1.16. The van der Waals surface area contributed by atoms with E-state index >= 15 is 0 Å². The fourth-order valence-electron chi connectivity index (χ4n) is 5.08. The van der Waals surface area contributed by atoms with Crippen LogP contribution in [0.4, 0.5) is 5.69 Å². The minimum absolute atomic E-state index is 0.0455. The largest absolute Gasteiger partial charge is 0.367 e. The van der Waals surface area contributed by atoms with Crippen LogP contribution in [0.3, 0.4) is 0 Å². The highest BCUT2D eigenvalue weighted by Crippen LogP contribution is 2.52. The zero-order valence-corrected chi connectivity index (χ0v) is 16.0. The van der Waals surface area contributed by atoms with E-state index < -0.39 is 5.41 Å². The van der Waals surface area contributed by atoms with Gasteiger partial charge in [-0.15, -0.1) is 0 Å². The second-order valence-corrected chi connectivity index (χ2v) is 9.41. The second-order valence-electron chi connectivity index (χ2n) is 8.49. The van der Waals surface area contributed by atoms with E-state index in [4.69, 9.17) is 0 Å². The first-order chi connectivity index (χ1) is 11.3. The van der Waals surface area contributed by atoms with Gasteiger partial charge in [0.2, 0.25) is 0 Å². The summed E-state index contributed by atoms with van der Waals surface area (Å²) in [6.45, 7) is 5.03. The van der Waals surface area contributed by atoms with Crippen molar-refractivity contribution in [2.75, 3.05) is 11.4 Å². The molecular formula is C20H24BrNO2. The number of carbonyl (C=O) groups is 2. The molecule has 1 aromatic carbocycles. The Balaban J connectivity index is 1.86. The van der Waals surface area contributed by atoms with Gasteiger partial charge < -0.3 is 4.90 Å². The van der Waals surface area contributed by atoms with E-state index in [1.165, 1.54) is 5.69 Å². The number of benzene rings is 1. The van der Waals surface area contributed by atoms with Gasteiger partial charge in [0, 0.05) is 35.6 Å². The number of fused-ring (bicyclic) bond motifs is 4. The van der Waals surface area contributed by atoms with Gasteiger partial charge in [-0.05, 0) is 48.8 Å². The molecule has 1 atom stereocenters. The average molecular weight is 390 g/mol. The molecule has 4 rings (SSSR count). The van der Waals surface area contributed by atoms with Crippen molar-refractivity contribution in [3.8, 4) is 0 Å². The van der Waals surface area contributed by atoms with Crippen LogP contribution >= 0.6 is 15.9 Å². The third kappa shape index (κ3) is 2.29. The molecule has 2 fully saturated rings. The summed E-state index contributed by atoms with van der Waals surface area (Å²) in [5, 5.41) is 0. The molecule has 3 nitrogen and oxygen atoms in total. The molecule has 1 saturated heterocycles. The highest BCUT2D eigenvalue weighted by Gasteiger charge is 2.59. The van der Waals surface area contributed by atoms with Gasteiger partial charge in [0.15, 0.2) is 0 Å². The lowest BCUT2D eigenvalue weighted by Gasteiger charge is -2.54. The van der Waals surface area contributed by atoms with E-state index in [2.05, 4.69) is 33.0 Å². The SMILES string of the molecule is CC1(C)CC(=O)C2(Cc3ccc(Br)cc3N3CCCCC32)C(=O)C1. The lowest BCUT2D eigenvalue weighted by atomic mass is 9.55. The summed E-state index contributed by atoms with van der Waals surface area (Å²) < 4.78 is 1.06. The fourth-order valence-corrected chi connectivity index (χ4v) is 5.42. The van der Waals surface area contributed by atoms with Crippen molar-refractivity contribution in [2.24, 2.45) is 10.8 Å². The summed E-state index contributed by atoms with van der Waals surface area (Å²) >= 11 is 3.57. The topological polar surface area (TPSA) is 37.4 Å². The average Bonchev–Trinajstić information content (AvgIpc) is 2.52. The lowest BCUT2D eigenvalue weighted by Crippen LogP contribution is -2.64. The van der Waals surface area contributed by atoms with Crippen molar-refractivity contribution in [1.29, 1.82) is 0 Å². The summed E-state index contributed by atoms with van der Waals surface area (Å²) in [6, 6.07) is 6.32. The molecule has 1 aliphatic carbocycles. The molecule has 1 aromatic rings. The number of hydrogen-bond donors (Lipinski definition) is 0. The maximum atomic E-state index is 13.3. The molecule has 2 heterocycles. The Morgan fingerprint density at radius 3 is 2.50 bits per heavy atom. The number of Topliss-reactive ketones (excluding diaryl/α,β-unsaturated/α-hetero) is 2. The minimum atomic E-state index is -0.809. The molecule has 1 spiro atoms. The number of halogens is 1. The molecule has 3 aliphatic rings. The molecule has 0 radical (unpaired) electrons. The van der Waals surface area contributed by atoms with Crippen LogP contribution in [-0.4, -0.2) is 24.2 Å². The van der Waals surface area contributed by atoms with Crippen LogP contribution in [0.25, 0.3) is 0 Å². The molecule has 2 aliphatic heterocycles. The van der Waals surface area contributed by atoms with Crippen molar-refractivity contribution in [1.82, 2.24) is 0 Å². The van der Waals surface area contributed by atoms with Crippen LogP contribution in [0.2, 0.25) is 0 Å². The number of ketones is 2. The van der Waals surface area contributed by atoms with E-state index in [9.17, 15) is 9.59 Å². The van der Waals surface area contributed by atoms with Crippen molar-refractivity contribution in [3.63, 3.8) is 0 Å². The molecule has 128 valence electrons. The van der Waals surface area contributed by atoms with E-state index in [0.29, 0.717) is 19.3 Å². The van der Waals surface area contributed by atoms with Gasteiger partial charge in [-0.3, -0.25) is 9.59 Å². The van der Waals surface area contributed by atoms with Gasteiger partial charge in [0.05, 0.1) is 0 Å². The smallest absolute Gasteiger partial charge is 0.149 e. The van der Waals surface area contributed by atoms with Crippen LogP contribution in [0.1, 0.15) is 51.5 Å².